The van der Waals surface area contributed by atoms with Crippen molar-refractivity contribution < 1.29 is 4.79 Å². The molecule has 2 rings (SSSR count). The summed E-state index contributed by atoms with van der Waals surface area (Å²) in [6, 6.07) is 7.38. The van der Waals surface area contributed by atoms with Gasteiger partial charge in [0.1, 0.15) is 0 Å². The molecule has 0 atom stereocenters. The Hall–Kier alpha value is -1.53. The van der Waals surface area contributed by atoms with E-state index in [1.165, 1.54) is 11.3 Å². The first-order chi connectivity index (χ1) is 8.28. The van der Waals surface area contributed by atoms with Crippen LogP contribution in [-0.4, -0.2) is 17.3 Å². The standard InChI is InChI=1S/C11H11N3OS2/c1-16-9-4-2-8(3-5-9)13-10(15)14-11-12-6-7-17-11/h2-7H,1H3,(H2,12,13,14,15). The fourth-order valence-electron chi connectivity index (χ4n) is 1.22. The van der Waals surface area contributed by atoms with E-state index in [4.69, 9.17) is 0 Å². The number of nitrogens with zero attached hydrogens (tertiary/aromatic N) is 1. The molecular weight excluding hydrogens is 254 g/mol. The van der Waals surface area contributed by atoms with E-state index in [0.29, 0.717) is 5.13 Å². The predicted molar refractivity (Wildman–Crippen MR) is 73.0 cm³/mol. The first kappa shape index (κ1) is 11.9. The van der Waals surface area contributed by atoms with Crippen molar-refractivity contribution in [2.24, 2.45) is 0 Å². The van der Waals surface area contributed by atoms with Gasteiger partial charge in [-0.05, 0) is 30.5 Å². The molecule has 2 N–H and O–H groups in total. The lowest BCUT2D eigenvalue weighted by molar-refractivity contribution is 0.262. The molecule has 0 fully saturated rings. The van der Waals surface area contributed by atoms with Crippen LogP contribution in [0.5, 0.6) is 0 Å². The van der Waals surface area contributed by atoms with Gasteiger partial charge in [0.25, 0.3) is 0 Å². The van der Waals surface area contributed by atoms with Crippen LogP contribution in [0.2, 0.25) is 0 Å². The third-order valence-electron chi connectivity index (χ3n) is 2.00. The summed E-state index contributed by atoms with van der Waals surface area (Å²) in [7, 11) is 0. The predicted octanol–water partition coefficient (Wildman–Crippen LogP) is 3.51. The maximum atomic E-state index is 11.6. The number of aromatic nitrogens is 1. The molecule has 1 aromatic carbocycles. The van der Waals surface area contributed by atoms with Crippen LogP contribution in [0.15, 0.2) is 40.7 Å². The van der Waals surface area contributed by atoms with Gasteiger partial charge in [-0.25, -0.2) is 9.78 Å². The number of carbonyl (C=O) groups is 1. The number of rotatable bonds is 3. The van der Waals surface area contributed by atoms with Gasteiger partial charge in [-0.3, -0.25) is 5.32 Å². The second kappa shape index (κ2) is 5.70. The van der Waals surface area contributed by atoms with Crippen LogP contribution in [0.25, 0.3) is 0 Å². The number of anilines is 2. The average molecular weight is 265 g/mol. The lowest BCUT2D eigenvalue weighted by Gasteiger charge is -2.05. The minimum absolute atomic E-state index is 0.281. The van der Waals surface area contributed by atoms with Crippen LogP contribution >= 0.6 is 23.1 Å². The zero-order chi connectivity index (χ0) is 12.1. The highest BCUT2D eigenvalue weighted by molar-refractivity contribution is 7.98. The molecule has 0 bridgehead atoms. The van der Waals surface area contributed by atoms with Crippen molar-refractivity contribution >= 4 is 39.9 Å². The number of amides is 2. The number of urea groups is 1. The van der Waals surface area contributed by atoms with Crippen LogP contribution < -0.4 is 10.6 Å². The Morgan fingerprint density at radius 1 is 1.29 bits per heavy atom. The zero-order valence-electron chi connectivity index (χ0n) is 9.14. The molecule has 1 aromatic heterocycles. The van der Waals surface area contributed by atoms with Crippen molar-refractivity contribution in [1.82, 2.24) is 4.98 Å². The monoisotopic (exact) mass is 265 g/mol. The van der Waals surface area contributed by atoms with Crippen molar-refractivity contribution in [3.05, 3.63) is 35.8 Å². The molecule has 0 spiro atoms. The smallest absolute Gasteiger partial charge is 0.308 e. The van der Waals surface area contributed by atoms with Crippen molar-refractivity contribution in [3.8, 4) is 0 Å². The fourth-order valence-corrected chi connectivity index (χ4v) is 2.15. The number of thioether (sulfide) groups is 1. The number of hydrogen-bond donors (Lipinski definition) is 2. The second-order valence-electron chi connectivity index (χ2n) is 3.14. The van der Waals surface area contributed by atoms with Crippen molar-refractivity contribution in [1.29, 1.82) is 0 Å². The summed E-state index contributed by atoms with van der Waals surface area (Å²) in [4.78, 5) is 16.7. The average Bonchev–Trinajstić information content (AvgIpc) is 2.82. The molecule has 0 unspecified atom stereocenters. The van der Waals surface area contributed by atoms with Gasteiger partial charge >= 0.3 is 6.03 Å². The van der Waals surface area contributed by atoms with Gasteiger partial charge in [0.2, 0.25) is 0 Å². The van der Waals surface area contributed by atoms with Gasteiger partial charge in [0.15, 0.2) is 5.13 Å². The molecule has 6 heteroatoms. The van der Waals surface area contributed by atoms with E-state index < -0.39 is 0 Å². The van der Waals surface area contributed by atoms with Crippen LogP contribution in [0.1, 0.15) is 0 Å². The summed E-state index contributed by atoms with van der Waals surface area (Å²) in [5, 5.41) is 7.78. The summed E-state index contributed by atoms with van der Waals surface area (Å²) in [5.41, 5.74) is 0.761. The van der Waals surface area contributed by atoms with Gasteiger partial charge < -0.3 is 5.32 Å². The van der Waals surface area contributed by atoms with E-state index >= 15 is 0 Å². The Kier molecular flexibility index (Phi) is 4.00. The Labute approximate surface area is 107 Å². The molecule has 2 aromatic rings. The highest BCUT2D eigenvalue weighted by Gasteiger charge is 2.03. The molecule has 0 saturated carbocycles. The maximum absolute atomic E-state index is 11.6. The Bertz CT molecular complexity index is 482. The third-order valence-corrected chi connectivity index (χ3v) is 3.43. The van der Waals surface area contributed by atoms with E-state index in [0.717, 1.165) is 10.6 Å². The minimum Gasteiger partial charge on any atom is -0.308 e. The van der Waals surface area contributed by atoms with Gasteiger partial charge in [0.05, 0.1) is 0 Å². The topological polar surface area (TPSA) is 54.0 Å². The summed E-state index contributed by atoms with van der Waals surface area (Å²) in [6.45, 7) is 0. The molecule has 17 heavy (non-hydrogen) atoms. The van der Waals surface area contributed by atoms with Gasteiger partial charge in [0, 0.05) is 22.2 Å². The van der Waals surface area contributed by atoms with Gasteiger partial charge in [-0.2, -0.15) is 0 Å². The summed E-state index contributed by atoms with van der Waals surface area (Å²) in [6.07, 6.45) is 3.66. The van der Waals surface area contributed by atoms with Crippen molar-refractivity contribution in [3.63, 3.8) is 0 Å². The summed E-state index contributed by atoms with van der Waals surface area (Å²) >= 11 is 3.04. The lowest BCUT2D eigenvalue weighted by atomic mass is 10.3. The van der Waals surface area contributed by atoms with Gasteiger partial charge in [-0.15, -0.1) is 23.1 Å². The first-order valence-electron chi connectivity index (χ1n) is 4.89. The van der Waals surface area contributed by atoms with E-state index in [9.17, 15) is 4.79 Å². The Balaban J connectivity index is 1.93. The van der Waals surface area contributed by atoms with E-state index in [1.807, 2.05) is 35.9 Å². The number of nitrogens with one attached hydrogen (secondary N) is 2. The molecule has 0 radical (unpaired) electrons. The minimum atomic E-state index is -0.281. The number of benzene rings is 1. The largest absolute Gasteiger partial charge is 0.325 e. The molecule has 0 aliphatic rings. The van der Waals surface area contributed by atoms with Crippen LogP contribution in [0, 0.1) is 0 Å². The third kappa shape index (κ3) is 3.47. The molecule has 0 aliphatic heterocycles. The SMILES string of the molecule is CSc1ccc(NC(=O)Nc2nccs2)cc1. The van der Waals surface area contributed by atoms with E-state index in [-0.39, 0.29) is 6.03 Å². The van der Waals surface area contributed by atoms with Crippen molar-refractivity contribution in [2.45, 2.75) is 4.90 Å². The van der Waals surface area contributed by atoms with E-state index in [1.54, 1.807) is 18.0 Å². The Morgan fingerprint density at radius 3 is 2.65 bits per heavy atom. The summed E-state index contributed by atoms with van der Waals surface area (Å²) < 4.78 is 0. The molecule has 2 amide bonds. The molecule has 0 saturated heterocycles. The second-order valence-corrected chi connectivity index (χ2v) is 4.92. The Morgan fingerprint density at radius 2 is 2.06 bits per heavy atom. The highest BCUT2D eigenvalue weighted by atomic mass is 32.2. The summed E-state index contributed by atoms with van der Waals surface area (Å²) in [5.74, 6) is 0. The fraction of sp³-hybridized carbons (Fsp3) is 0.0909. The number of carbonyl (C=O) groups excluding carboxylic acids is 1. The quantitative estimate of drug-likeness (QED) is 0.835. The maximum Gasteiger partial charge on any atom is 0.325 e. The highest BCUT2D eigenvalue weighted by Crippen LogP contribution is 2.18. The molecule has 0 aliphatic carbocycles. The number of thiazole rings is 1. The van der Waals surface area contributed by atoms with Crippen LogP contribution in [0.4, 0.5) is 15.6 Å². The van der Waals surface area contributed by atoms with Crippen molar-refractivity contribution in [2.75, 3.05) is 16.9 Å². The molecule has 1 heterocycles. The molecule has 88 valence electrons. The normalized spacial score (nSPS) is 9.94. The number of hydrogen-bond acceptors (Lipinski definition) is 4. The first-order valence-corrected chi connectivity index (χ1v) is 7.00. The molecule has 4 nitrogen and oxygen atoms in total. The lowest BCUT2D eigenvalue weighted by Crippen LogP contribution is -2.19. The van der Waals surface area contributed by atoms with Crippen LogP contribution in [0.3, 0.4) is 0 Å². The van der Waals surface area contributed by atoms with Gasteiger partial charge in [-0.1, -0.05) is 0 Å². The zero-order valence-corrected chi connectivity index (χ0v) is 10.8. The molecular formula is C11H11N3OS2. The van der Waals surface area contributed by atoms with Crippen LogP contribution in [-0.2, 0) is 0 Å². The van der Waals surface area contributed by atoms with E-state index in [2.05, 4.69) is 15.6 Å².